The summed E-state index contributed by atoms with van der Waals surface area (Å²) in [7, 11) is 1.38. The van der Waals surface area contributed by atoms with Crippen LogP contribution in [-0.2, 0) is 11.2 Å². The highest BCUT2D eigenvalue weighted by Gasteiger charge is 2.24. The summed E-state index contributed by atoms with van der Waals surface area (Å²) in [6.07, 6.45) is 1.28. The van der Waals surface area contributed by atoms with Crippen LogP contribution in [0, 0.1) is 10.1 Å². The van der Waals surface area contributed by atoms with Crippen molar-refractivity contribution in [2.75, 3.05) is 7.11 Å². The number of benzene rings is 2. The van der Waals surface area contributed by atoms with E-state index in [2.05, 4.69) is 10.3 Å². The number of carboxylic acids is 1. The molecule has 0 bridgehead atoms. The second-order valence-electron chi connectivity index (χ2n) is 6.20. The van der Waals surface area contributed by atoms with Crippen molar-refractivity contribution in [3.05, 3.63) is 76.0 Å². The number of pyridine rings is 1. The van der Waals surface area contributed by atoms with Crippen LogP contribution < -0.4 is 10.1 Å². The van der Waals surface area contributed by atoms with Crippen LogP contribution in [0.3, 0.4) is 0 Å². The molecule has 29 heavy (non-hydrogen) atoms. The summed E-state index contributed by atoms with van der Waals surface area (Å²) < 4.78 is 5.17. The number of non-ortho nitro benzene ring substituents is 1. The molecular weight excluding hydrogens is 378 g/mol. The van der Waals surface area contributed by atoms with Crippen LogP contribution in [-0.4, -0.2) is 40.0 Å². The number of amides is 1. The number of methoxy groups -OCH3 is 1. The fourth-order valence-corrected chi connectivity index (χ4v) is 2.99. The van der Waals surface area contributed by atoms with Crippen molar-refractivity contribution in [1.82, 2.24) is 10.3 Å². The topological polar surface area (TPSA) is 132 Å². The van der Waals surface area contributed by atoms with Crippen molar-refractivity contribution in [3.8, 4) is 5.75 Å². The number of fused-ring (bicyclic) bond motifs is 1. The standard InChI is InChI=1S/C20H17N3O6/c1-29-18-7-6-13(23(27)28)10-12(18)11-17(20(25)26)22-19(24)15-8-9-21-16-5-3-2-4-14(15)16/h2-10,17H,11H2,1H3,(H,22,24)(H,25,26)/t17-/m0/s1. The number of carbonyl (C=O) groups excluding carboxylic acids is 1. The number of nitrogens with one attached hydrogen (secondary N) is 1. The lowest BCUT2D eigenvalue weighted by atomic mass is 10.0. The second-order valence-corrected chi connectivity index (χ2v) is 6.20. The lowest BCUT2D eigenvalue weighted by Crippen LogP contribution is -2.42. The molecule has 0 unspecified atom stereocenters. The van der Waals surface area contributed by atoms with Crippen molar-refractivity contribution < 1.29 is 24.4 Å². The highest BCUT2D eigenvalue weighted by molar-refractivity contribution is 6.07. The van der Waals surface area contributed by atoms with Crippen molar-refractivity contribution in [1.29, 1.82) is 0 Å². The van der Waals surface area contributed by atoms with Gasteiger partial charge in [0.25, 0.3) is 11.6 Å². The fraction of sp³-hybridized carbons (Fsp3) is 0.150. The Balaban J connectivity index is 1.89. The number of aromatic nitrogens is 1. The zero-order valence-electron chi connectivity index (χ0n) is 15.4. The van der Waals surface area contributed by atoms with Crippen LogP contribution in [0.2, 0.25) is 0 Å². The normalized spacial score (nSPS) is 11.6. The van der Waals surface area contributed by atoms with E-state index in [0.717, 1.165) is 0 Å². The van der Waals surface area contributed by atoms with Gasteiger partial charge in [-0.15, -0.1) is 0 Å². The summed E-state index contributed by atoms with van der Waals surface area (Å²) in [4.78, 5) is 39.1. The van der Waals surface area contributed by atoms with Gasteiger partial charge >= 0.3 is 5.97 Å². The number of carbonyl (C=O) groups is 2. The van der Waals surface area contributed by atoms with Crippen LogP contribution in [0.4, 0.5) is 5.69 Å². The molecule has 0 spiro atoms. The van der Waals surface area contributed by atoms with Gasteiger partial charge in [0, 0.05) is 35.7 Å². The van der Waals surface area contributed by atoms with E-state index < -0.39 is 22.8 Å². The summed E-state index contributed by atoms with van der Waals surface area (Å²) in [6, 6.07) is 11.1. The van der Waals surface area contributed by atoms with Gasteiger partial charge in [-0.2, -0.15) is 0 Å². The lowest BCUT2D eigenvalue weighted by Gasteiger charge is -2.17. The van der Waals surface area contributed by atoms with Gasteiger partial charge in [-0.25, -0.2) is 4.79 Å². The highest BCUT2D eigenvalue weighted by Crippen LogP contribution is 2.25. The number of hydrogen-bond acceptors (Lipinski definition) is 6. The first kappa shape index (κ1) is 19.7. The number of hydrogen-bond donors (Lipinski definition) is 2. The Labute approximate surface area is 165 Å². The molecule has 2 N–H and O–H groups in total. The first-order valence-corrected chi connectivity index (χ1v) is 8.59. The minimum atomic E-state index is -1.31. The average Bonchev–Trinajstić information content (AvgIpc) is 2.72. The summed E-state index contributed by atoms with van der Waals surface area (Å²) in [6.45, 7) is 0. The van der Waals surface area contributed by atoms with Crippen LogP contribution in [0.25, 0.3) is 10.9 Å². The Bertz CT molecular complexity index is 1090. The Hall–Kier alpha value is -4.01. The van der Waals surface area contributed by atoms with Gasteiger partial charge < -0.3 is 15.2 Å². The molecule has 1 atom stereocenters. The van der Waals surface area contributed by atoms with Gasteiger partial charge in [0.15, 0.2) is 0 Å². The van der Waals surface area contributed by atoms with Gasteiger partial charge in [0.1, 0.15) is 11.8 Å². The Morgan fingerprint density at radius 1 is 1.24 bits per heavy atom. The first-order chi connectivity index (χ1) is 13.9. The zero-order valence-corrected chi connectivity index (χ0v) is 15.4. The molecular formula is C20H17N3O6. The van der Waals surface area contributed by atoms with Crippen molar-refractivity contribution >= 4 is 28.5 Å². The van der Waals surface area contributed by atoms with Gasteiger partial charge in [-0.3, -0.25) is 19.9 Å². The highest BCUT2D eigenvalue weighted by atomic mass is 16.6. The fourth-order valence-electron chi connectivity index (χ4n) is 2.99. The molecule has 3 aromatic rings. The molecule has 1 heterocycles. The third kappa shape index (κ3) is 4.29. The SMILES string of the molecule is COc1ccc([N+](=O)[O-])cc1C[C@H](NC(=O)c1ccnc2ccccc12)C(=O)O. The zero-order chi connectivity index (χ0) is 21.0. The molecule has 0 aliphatic heterocycles. The molecule has 1 amide bonds. The van der Waals surface area contributed by atoms with E-state index in [0.29, 0.717) is 22.2 Å². The van der Waals surface area contributed by atoms with E-state index in [1.807, 2.05) is 0 Å². The monoisotopic (exact) mass is 395 g/mol. The van der Waals surface area contributed by atoms with Crippen LogP contribution in [0.5, 0.6) is 5.75 Å². The summed E-state index contributed by atoms with van der Waals surface area (Å²) in [5.41, 5.74) is 0.991. The summed E-state index contributed by atoms with van der Waals surface area (Å²) in [5.74, 6) is -1.56. The molecule has 0 radical (unpaired) electrons. The quantitative estimate of drug-likeness (QED) is 0.464. The number of rotatable bonds is 7. The van der Waals surface area contributed by atoms with Gasteiger partial charge in [0.05, 0.1) is 23.1 Å². The summed E-state index contributed by atoms with van der Waals surface area (Å²) >= 11 is 0. The molecule has 0 aliphatic carbocycles. The van der Waals surface area contributed by atoms with E-state index in [1.165, 1.54) is 37.6 Å². The van der Waals surface area contributed by atoms with E-state index >= 15 is 0 Å². The molecule has 1 aromatic heterocycles. The van der Waals surface area contributed by atoms with Crippen molar-refractivity contribution in [3.63, 3.8) is 0 Å². The van der Waals surface area contributed by atoms with Crippen molar-refractivity contribution in [2.45, 2.75) is 12.5 Å². The van der Waals surface area contributed by atoms with E-state index in [1.54, 1.807) is 24.3 Å². The lowest BCUT2D eigenvalue weighted by molar-refractivity contribution is -0.384. The minimum absolute atomic E-state index is 0.186. The van der Waals surface area contributed by atoms with Gasteiger partial charge in [0.2, 0.25) is 0 Å². The van der Waals surface area contributed by atoms with Crippen molar-refractivity contribution in [2.24, 2.45) is 0 Å². The van der Waals surface area contributed by atoms with Crippen LogP contribution >= 0.6 is 0 Å². The molecule has 9 nitrogen and oxygen atoms in total. The number of nitro benzene ring substituents is 1. The molecule has 0 aliphatic rings. The summed E-state index contributed by atoms with van der Waals surface area (Å²) in [5, 5.41) is 23.7. The first-order valence-electron chi connectivity index (χ1n) is 8.59. The minimum Gasteiger partial charge on any atom is -0.496 e. The Morgan fingerprint density at radius 2 is 2.00 bits per heavy atom. The molecule has 2 aromatic carbocycles. The maximum Gasteiger partial charge on any atom is 0.326 e. The van der Waals surface area contributed by atoms with Gasteiger partial charge in [-0.05, 0) is 18.2 Å². The number of aliphatic carboxylic acids is 1. The average molecular weight is 395 g/mol. The molecule has 0 saturated carbocycles. The second kappa shape index (κ2) is 8.34. The number of nitrogens with zero attached hydrogens (tertiary/aromatic N) is 2. The van der Waals surface area contributed by atoms with Gasteiger partial charge in [-0.1, -0.05) is 18.2 Å². The third-order valence-corrected chi connectivity index (χ3v) is 4.40. The number of ether oxygens (including phenoxy) is 1. The van der Waals surface area contributed by atoms with E-state index in [-0.39, 0.29) is 17.7 Å². The number of carboxylic acid groups (broad SMARTS) is 1. The predicted octanol–water partition coefficient (Wildman–Crippen LogP) is 2.58. The molecule has 9 heteroatoms. The smallest absolute Gasteiger partial charge is 0.326 e. The molecule has 0 fully saturated rings. The maximum atomic E-state index is 12.8. The number of para-hydroxylation sites is 1. The molecule has 0 saturated heterocycles. The number of nitro groups is 1. The third-order valence-electron chi connectivity index (χ3n) is 4.40. The molecule has 3 rings (SSSR count). The largest absolute Gasteiger partial charge is 0.496 e. The van der Waals surface area contributed by atoms with Crippen LogP contribution in [0.15, 0.2) is 54.7 Å². The molecule has 148 valence electrons. The van der Waals surface area contributed by atoms with Crippen LogP contribution in [0.1, 0.15) is 15.9 Å². The Morgan fingerprint density at radius 3 is 2.69 bits per heavy atom. The predicted molar refractivity (Wildman–Crippen MR) is 104 cm³/mol. The van der Waals surface area contributed by atoms with E-state index in [9.17, 15) is 24.8 Å². The van der Waals surface area contributed by atoms with E-state index in [4.69, 9.17) is 4.74 Å². The Kier molecular flexibility index (Phi) is 5.68. The maximum absolute atomic E-state index is 12.8.